The lowest BCUT2D eigenvalue weighted by atomic mass is 10.4. The van der Waals surface area contributed by atoms with Gasteiger partial charge in [-0.05, 0) is 24.6 Å². The molecule has 0 N–H and O–H groups in total. The molecular weight excluding hydrogens is 348 g/mol. The molecule has 1 heterocycles. The Morgan fingerprint density at radius 3 is 2.18 bits per heavy atom. The number of piperazine rings is 1. The van der Waals surface area contributed by atoms with Crippen molar-refractivity contribution in [3.63, 3.8) is 0 Å². The van der Waals surface area contributed by atoms with Gasteiger partial charge in [-0.1, -0.05) is 24.6 Å². The van der Waals surface area contributed by atoms with Crippen molar-refractivity contribution in [2.24, 2.45) is 0 Å². The zero-order valence-electron chi connectivity index (χ0n) is 12.3. The van der Waals surface area contributed by atoms with Gasteiger partial charge >= 0.3 is 0 Å². The van der Waals surface area contributed by atoms with Gasteiger partial charge < -0.3 is 0 Å². The van der Waals surface area contributed by atoms with Crippen molar-refractivity contribution in [1.29, 1.82) is 0 Å². The second-order valence-electron chi connectivity index (χ2n) is 5.08. The maximum absolute atomic E-state index is 12.5. The van der Waals surface area contributed by atoms with Crippen molar-refractivity contribution < 1.29 is 16.8 Å². The molecule has 1 aliphatic rings. The summed E-state index contributed by atoms with van der Waals surface area (Å²) in [5.74, 6) is 0.0913. The summed E-state index contributed by atoms with van der Waals surface area (Å²) in [4.78, 5) is 0.130. The standard InChI is InChI=1S/C13H19ClN2O4S2/c1-2-10-21(17,18)15-6-8-16(9-7-15)22(19,20)13-5-3-4-12(14)11-13/h3-5,11H,2,6-10H2,1H3. The maximum Gasteiger partial charge on any atom is 0.243 e. The summed E-state index contributed by atoms with van der Waals surface area (Å²) in [6.07, 6.45) is 0.545. The fourth-order valence-electron chi connectivity index (χ4n) is 2.35. The molecule has 0 bridgehead atoms. The number of nitrogens with zero attached hydrogens (tertiary/aromatic N) is 2. The van der Waals surface area contributed by atoms with Crippen LogP contribution < -0.4 is 0 Å². The van der Waals surface area contributed by atoms with Gasteiger partial charge in [-0.15, -0.1) is 0 Å². The predicted molar refractivity (Wildman–Crippen MR) is 85.9 cm³/mol. The molecule has 124 valence electrons. The number of benzene rings is 1. The average molecular weight is 367 g/mol. The Hall–Kier alpha value is -0.670. The first kappa shape index (κ1) is 17.7. The second kappa shape index (κ2) is 6.84. The summed E-state index contributed by atoms with van der Waals surface area (Å²) in [6, 6.07) is 6.07. The van der Waals surface area contributed by atoms with Crippen LogP contribution in [0.3, 0.4) is 0 Å². The Morgan fingerprint density at radius 2 is 1.64 bits per heavy atom. The molecule has 2 rings (SSSR count). The van der Waals surface area contributed by atoms with Gasteiger partial charge in [0, 0.05) is 31.2 Å². The summed E-state index contributed by atoms with van der Waals surface area (Å²) in [6.45, 7) is 2.47. The molecule has 9 heteroatoms. The van der Waals surface area contributed by atoms with Crippen molar-refractivity contribution in [2.45, 2.75) is 18.2 Å². The maximum atomic E-state index is 12.5. The number of sulfonamides is 2. The van der Waals surface area contributed by atoms with Crippen molar-refractivity contribution in [3.8, 4) is 0 Å². The summed E-state index contributed by atoms with van der Waals surface area (Å²) >= 11 is 5.84. The quantitative estimate of drug-likeness (QED) is 0.789. The average Bonchev–Trinajstić information content (AvgIpc) is 2.47. The first-order valence-corrected chi connectivity index (χ1v) is 10.4. The Balaban J connectivity index is 2.11. The van der Waals surface area contributed by atoms with Crippen LogP contribution >= 0.6 is 11.6 Å². The minimum atomic E-state index is -3.64. The van der Waals surface area contributed by atoms with Gasteiger partial charge in [0.25, 0.3) is 0 Å². The van der Waals surface area contributed by atoms with E-state index in [4.69, 9.17) is 11.6 Å². The van der Waals surface area contributed by atoms with E-state index in [0.717, 1.165) is 0 Å². The van der Waals surface area contributed by atoms with E-state index < -0.39 is 20.0 Å². The Morgan fingerprint density at radius 1 is 1.05 bits per heavy atom. The minimum absolute atomic E-state index is 0.0913. The second-order valence-corrected chi connectivity index (χ2v) is 9.54. The fourth-order valence-corrected chi connectivity index (χ4v) is 5.57. The van der Waals surface area contributed by atoms with Crippen LogP contribution in [0.25, 0.3) is 0 Å². The Bertz CT molecular complexity index is 726. The van der Waals surface area contributed by atoms with Gasteiger partial charge in [-0.3, -0.25) is 0 Å². The molecule has 0 aliphatic carbocycles. The van der Waals surface area contributed by atoms with Gasteiger partial charge in [-0.2, -0.15) is 8.61 Å². The molecule has 1 fully saturated rings. The van der Waals surface area contributed by atoms with Gasteiger partial charge in [0.05, 0.1) is 10.6 Å². The Kier molecular flexibility index (Phi) is 5.50. The molecule has 0 radical (unpaired) electrons. The highest BCUT2D eigenvalue weighted by Gasteiger charge is 2.32. The zero-order valence-corrected chi connectivity index (χ0v) is 14.7. The third-order valence-electron chi connectivity index (χ3n) is 3.49. The topological polar surface area (TPSA) is 74.8 Å². The van der Waals surface area contributed by atoms with Crippen LogP contribution in [0.15, 0.2) is 29.2 Å². The zero-order chi connectivity index (χ0) is 16.4. The van der Waals surface area contributed by atoms with Gasteiger partial charge in [-0.25, -0.2) is 16.8 Å². The van der Waals surface area contributed by atoms with E-state index in [9.17, 15) is 16.8 Å². The van der Waals surface area contributed by atoms with Crippen molar-refractivity contribution >= 4 is 31.6 Å². The summed E-state index contributed by atoms with van der Waals surface area (Å²) in [5, 5.41) is 0.352. The van der Waals surface area contributed by atoms with Crippen LogP contribution in [0.4, 0.5) is 0 Å². The number of halogens is 1. The van der Waals surface area contributed by atoms with Gasteiger partial charge in [0.1, 0.15) is 0 Å². The largest absolute Gasteiger partial charge is 0.243 e. The van der Waals surface area contributed by atoms with Crippen LogP contribution in [-0.2, 0) is 20.0 Å². The molecule has 0 amide bonds. The lowest BCUT2D eigenvalue weighted by molar-refractivity contribution is 0.273. The van der Waals surface area contributed by atoms with E-state index in [0.29, 0.717) is 11.4 Å². The fraction of sp³-hybridized carbons (Fsp3) is 0.538. The monoisotopic (exact) mass is 366 g/mol. The molecule has 0 unspecified atom stereocenters. The summed E-state index contributed by atoms with van der Waals surface area (Å²) in [7, 11) is -6.92. The number of hydrogen-bond acceptors (Lipinski definition) is 4. The third kappa shape index (κ3) is 3.80. The highest BCUT2D eigenvalue weighted by atomic mass is 35.5. The van der Waals surface area contributed by atoms with Crippen LogP contribution in [0.1, 0.15) is 13.3 Å². The first-order valence-electron chi connectivity index (χ1n) is 7.01. The molecule has 1 aromatic rings. The molecule has 0 atom stereocenters. The van der Waals surface area contributed by atoms with E-state index in [-0.39, 0.29) is 36.8 Å². The summed E-state index contributed by atoms with van der Waals surface area (Å²) < 4.78 is 51.7. The smallest absolute Gasteiger partial charge is 0.212 e. The molecule has 0 aromatic heterocycles. The molecule has 1 saturated heterocycles. The van der Waals surface area contributed by atoms with Crippen molar-refractivity contribution in [2.75, 3.05) is 31.9 Å². The van der Waals surface area contributed by atoms with Crippen LogP contribution in [0.2, 0.25) is 5.02 Å². The molecule has 6 nitrogen and oxygen atoms in total. The normalized spacial score (nSPS) is 18.5. The van der Waals surface area contributed by atoms with Gasteiger partial charge in [0.2, 0.25) is 20.0 Å². The van der Waals surface area contributed by atoms with Crippen LogP contribution in [0.5, 0.6) is 0 Å². The van der Waals surface area contributed by atoms with Crippen LogP contribution in [-0.4, -0.2) is 57.4 Å². The van der Waals surface area contributed by atoms with Crippen molar-refractivity contribution in [3.05, 3.63) is 29.3 Å². The van der Waals surface area contributed by atoms with E-state index >= 15 is 0 Å². The molecule has 0 spiro atoms. The SMILES string of the molecule is CCCS(=O)(=O)N1CCN(S(=O)(=O)c2cccc(Cl)c2)CC1. The summed E-state index contributed by atoms with van der Waals surface area (Å²) in [5.41, 5.74) is 0. The van der Waals surface area contributed by atoms with Crippen molar-refractivity contribution in [1.82, 2.24) is 8.61 Å². The molecular formula is C13H19ClN2O4S2. The van der Waals surface area contributed by atoms with E-state index in [1.807, 2.05) is 0 Å². The van der Waals surface area contributed by atoms with E-state index in [1.165, 1.54) is 20.7 Å². The van der Waals surface area contributed by atoms with E-state index in [2.05, 4.69) is 0 Å². The van der Waals surface area contributed by atoms with E-state index in [1.54, 1.807) is 19.1 Å². The Labute approximate surface area is 136 Å². The number of hydrogen-bond donors (Lipinski definition) is 0. The first-order chi connectivity index (χ1) is 10.3. The highest BCUT2D eigenvalue weighted by Crippen LogP contribution is 2.21. The molecule has 1 aliphatic heterocycles. The minimum Gasteiger partial charge on any atom is -0.212 e. The van der Waals surface area contributed by atoms with Crippen LogP contribution in [0, 0.1) is 0 Å². The third-order valence-corrected chi connectivity index (χ3v) is 7.69. The molecule has 1 aromatic carbocycles. The predicted octanol–water partition coefficient (Wildman–Crippen LogP) is 1.39. The van der Waals surface area contributed by atoms with Gasteiger partial charge in [0.15, 0.2) is 0 Å². The molecule has 22 heavy (non-hydrogen) atoms. The lowest BCUT2D eigenvalue weighted by Gasteiger charge is -2.33. The lowest BCUT2D eigenvalue weighted by Crippen LogP contribution is -2.50. The highest BCUT2D eigenvalue weighted by molar-refractivity contribution is 7.89. The molecule has 0 saturated carbocycles. The number of rotatable bonds is 5.